The SMILES string of the molecule is O=C1CO[C@H]2CCN(C(=O)N3CCC(C(c4ccccc4)c4cccnc4)CC3)C[C@H]2N1. The van der Waals surface area contributed by atoms with Crippen molar-refractivity contribution in [3.05, 3.63) is 66.0 Å². The van der Waals surface area contributed by atoms with Gasteiger partial charge in [0.25, 0.3) is 0 Å². The van der Waals surface area contributed by atoms with Gasteiger partial charge in [-0.3, -0.25) is 9.78 Å². The van der Waals surface area contributed by atoms with E-state index in [0.717, 1.165) is 32.4 Å². The summed E-state index contributed by atoms with van der Waals surface area (Å²) >= 11 is 0. The van der Waals surface area contributed by atoms with Crippen LogP contribution in [0.15, 0.2) is 54.9 Å². The molecule has 3 aliphatic heterocycles. The molecule has 3 aliphatic rings. The zero-order chi connectivity index (χ0) is 21.9. The molecule has 0 bridgehead atoms. The van der Waals surface area contributed by atoms with Crippen LogP contribution >= 0.6 is 0 Å². The molecule has 1 unspecified atom stereocenters. The van der Waals surface area contributed by atoms with E-state index < -0.39 is 0 Å². The van der Waals surface area contributed by atoms with E-state index in [0.29, 0.717) is 19.0 Å². The first-order valence-electron chi connectivity index (χ1n) is 11.6. The molecule has 7 nitrogen and oxygen atoms in total. The van der Waals surface area contributed by atoms with Gasteiger partial charge in [0.2, 0.25) is 5.91 Å². The molecule has 4 heterocycles. The summed E-state index contributed by atoms with van der Waals surface area (Å²) in [6, 6.07) is 14.8. The summed E-state index contributed by atoms with van der Waals surface area (Å²) in [5, 5.41) is 2.98. The Bertz CT molecular complexity index is 891. The monoisotopic (exact) mass is 434 g/mol. The Labute approximate surface area is 188 Å². The second-order valence-corrected chi connectivity index (χ2v) is 9.04. The predicted octanol–water partition coefficient (Wildman–Crippen LogP) is 2.63. The Balaban J connectivity index is 1.24. The maximum atomic E-state index is 13.2. The first-order chi connectivity index (χ1) is 15.7. The minimum Gasteiger partial charge on any atom is -0.366 e. The quantitative estimate of drug-likeness (QED) is 0.806. The Kier molecular flexibility index (Phi) is 6.08. The lowest BCUT2D eigenvalue weighted by atomic mass is 9.76. The molecule has 0 spiro atoms. The molecule has 0 saturated carbocycles. The number of nitrogens with one attached hydrogen (secondary N) is 1. The van der Waals surface area contributed by atoms with Crippen molar-refractivity contribution in [2.75, 3.05) is 32.8 Å². The van der Waals surface area contributed by atoms with E-state index in [4.69, 9.17) is 4.74 Å². The smallest absolute Gasteiger partial charge is 0.320 e. The average Bonchev–Trinajstić information content (AvgIpc) is 2.85. The molecule has 5 rings (SSSR count). The zero-order valence-electron chi connectivity index (χ0n) is 18.2. The number of piperidine rings is 2. The van der Waals surface area contributed by atoms with E-state index >= 15 is 0 Å². The second-order valence-electron chi connectivity index (χ2n) is 9.04. The van der Waals surface area contributed by atoms with Gasteiger partial charge in [-0.05, 0) is 42.4 Å². The van der Waals surface area contributed by atoms with Gasteiger partial charge >= 0.3 is 6.03 Å². The summed E-state index contributed by atoms with van der Waals surface area (Å²) < 4.78 is 5.62. The highest BCUT2D eigenvalue weighted by molar-refractivity contribution is 5.79. The largest absolute Gasteiger partial charge is 0.366 e. The highest BCUT2D eigenvalue weighted by Crippen LogP contribution is 2.38. The van der Waals surface area contributed by atoms with Crippen LogP contribution in [0.2, 0.25) is 0 Å². The lowest BCUT2D eigenvalue weighted by molar-refractivity contribution is -0.139. The van der Waals surface area contributed by atoms with Gasteiger partial charge in [-0.15, -0.1) is 0 Å². The van der Waals surface area contributed by atoms with Gasteiger partial charge in [0, 0.05) is 44.5 Å². The van der Waals surface area contributed by atoms with Crippen molar-refractivity contribution in [3.63, 3.8) is 0 Å². The molecule has 1 N–H and O–H groups in total. The molecule has 1 aromatic heterocycles. The van der Waals surface area contributed by atoms with Crippen LogP contribution in [0.1, 0.15) is 36.3 Å². The van der Waals surface area contributed by atoms with E-state index in [-0.39, 0.29) is 36.6 Å². The number of hydrogen-bond donors (Lipinski definition) is 1. The van der Waals surface area contributed by atoms with Crippen molar-refractivity contribution in [2.24, 2.45) is 5.92 Å². The number of rotatable bonds is 3. The fourth-order valence-corrected chi connectivity index (χ4v) is 5.45. The fraction of sp³-hybridized carbons (Fsp3) is 0.480. The summed E-state index contributed by atoms with van der Waals surface area (Å²) in [6.45, 7) is 2.83. The molecule has 3 saturated heterocycles. The normalized spacial score (nSPS) is 25.1. The van der Waals surface area contributed by atoms with Crippen molar-refractivity contribution in [3.8, 4) is 0 Å². The summed E-state index contributed by atoms with van der Waals surface area (Å²) in [6.07, 6.45) is 6.49. The van der Waals surface area contributed by atoms with Gasteiger partial charge in [0.15, 0.2) is 0 Å². The molecule has 2 aromatic rings. The van der Waals surface area contributed by atoms with Crippen LogP contribution in [0, 0.1) is 5.92 Å². The minimum absolute atomic E-state index is 0.0219. The number of likely N-dealkylation sites (tertiary alicyclic amines) is 2. The van der Waals surface area contributed by atoms with E-state index in [1.54, 1.807) is 0 Å². The Hall–Kier alpha value is -2.93. The van der Waals surface area contributed by atoms with E-state index in [1.807, 2.05) is 34.3 Å². The maximum Gasteiger partial charge on any atom is 0.320 e. The van der Waals surface area contributed by atoms with E-state index in [9.17, 15) is 9.59 Å². The molecule has 1 aromatic carbocycles. The van der Waals surface area contributed by atoms with Crippen molar-refractivity contribution < 1.29 is 14.3 Å². The minimum atomic E-state index is -0.0977. The van der Waals surface area contributed by atoms with Gasteiger partial charge in [-0.2, -0.15) is 0 Å². The Morgan fingerprint density at radius 3 is 2.50 bits per heavy atom. The van der Waals surface area contributed by atoms with Crippen LogP contribution in [0.4, 0.5) is 4.79 Å². The number of urea groups is 1. The second kappa shape index (κ2) is 9.28. The number of aromatic nitrogens is 1. The van der Waals surface area contributed by atoms with Gasteiger partial charge in [0.1, 0.15) is 6.61 Å². The van der Waals surface area contributed by atoms with Gasteiger partial charge in [0.05, 0.1) is 12.1 Å². The molecule has 32 heavy (non-hydrogen) atoms. The summed E-state index contributed by atoms with van der Waals surface area (Å²) in [4.78, 5) is 33.1. The van der Waals surface area contributed by atoms with Crippen molar-refractivity contribution in [1.29, 1.82) is 0 Å². The third-order valence-corrected chi connectivity index (χ3v) is 7.08. The molecule has 0 aliphatic carbocycles. The standard InChI is InChI=1S/C25H30N4O3/c30-23-17-32-22-10-14-29(16-21(22)27-23)25(31)28-12-8-19(9-13-28)24(18-5-2-1-3-6-18)20-7-4-11-26-15-20/h1-7,11,15,19,21-22,24H,8-10,12-14,16-17H2,(H,27,30)/t21-,22+,24?/m1/s1. The number of pyridine rings is 1. The third-order valence-electron chi connectivity index (χ3n) is 7.08. The number of benzene rings is 1. The number of carbonyl (C=O) groups is 2. The topological polar surface area (TPSA) is 74.8 Å². The molecule has 168 valence electrons. The highest BCUT2D eigenvalue weighted by atomic mass is 16.5. The lowest BCUT2D eigenvalue weighted by Crippen LogP contribution is -2.62. The lowest BCUT2D eigenvalue weighted by Gasteiger charge is -2.44. The number of amides is 3. The van der Waals surface area contributed by atoms with Crippen LogP contribution in [-0.4, -0.2) is 71.7 Å². The number of hydrogen-bond acceptors (Lipinski definition) is 4. The third kappa shape index (κ3) is 4.35. The first-order valence-corrected chi connectivity index (χ1v) is 11.6. The van der Waals surface area contributed by atoms with Gasteiger partial charge in [-0.25, -0.2) is 4.79 Å². The number of carbonyl (C=O) groups excluding carboxylic acids is 2. The van der Waals surface area contributed by atoms with Crippen LogP contribution in [0.3, 0.4) is 0 Å². The summed E-state index contributed by atoms with van der Waals surface area (Å²) in [5.41, 5.74) is 2.54. The molecule has 3 atom stereocenters. The summed E-state index contributed by atoms with van der Waals surface area (Å²) in [5.74, 6) is 0.652. The van der Waals surface area contributed by atoms with Crippen LogP contribution in [0.5, 0.6) is 0 Å². The number of nitrogens with zero attached hydrogens (tertiary/aromatic N) is 3. The molecule has 7 heteroatoms. The van der Waals surface area contributed by atoms with Crippen LogP contribution in [-0.2, 0) is 9.53 Å². The number of ether oxygens (including phenoxy) is 1. The predicted molar refractivity (Wildman–Crippen MR) is 120 cm³/mol. The number of morpholine rings is 1. The highest BCUT2D eigenvalue weighted by Gasteiger charge is 2.38. The Morgan fingerprint density at radius 1 is 1.00 bits per heavy atom. The molecule has 3 fully saturated rings. The molecule has 3 amide bonds. The van der Waals surface area contributed by atoms with Gasteiger partial charge in [-0.1, -0.05) is 36.4 Å². The van der Waals surface area contributed by atoms with Crippen molar-refractivity contribution >= 4 is 11.9 Å². The first kappa shape index (κ1) is 20.9. The molecular formula is C25H30N4O3. The summed E-state index contributed by atoms with van der Waals surface area (Å²) in [7, 11) is 0. The zero-order valence-corrected chi connectivity index (χ0v) is 18.2. The van der Waals surface area contributed by atoms with E-state index in [2.05, 4.69) is 40.6 Å². The molecular weight excluding hydrogens is 404 g/mol. The average molecular weight is 435 g/mol. The Morgan fingerprint density at radius 2 is 1.75 bits per heavy atom. The number of fused-ring (bicyclic) bond motifs is 1. The van der Waals surface area contributed by atoms with Crippen molar-refractivity contribution in [1.82, 2.24) is 20.1 Å². The van der Waals surface area contributed by atoms with Crippen LogP contribution in [0.25, 0.3) is 0 Å². The molecule has 0 radical (unpaired) electrons. The maximum absolute atomic E-state index is 13.2. The van der Waals surface area contributed by atoms with Crippen molar-refractivity contribution in [2.45, 2.75) is 37.3 Å². The van der Waals surface area contributed by atoms with Crippen LogP contribution < -0.4 is 5.32 Å². The van der Waals surface area contributed by atoms with Gasteiger partial charge < -0.3 is 19.9 Å². The van der Waals surface area contributed by atoms with E-state index in [1.165, 1.54) is 11.1 Å². The fourth-order valence-electron chi connectivity index (χ4n) is 5.45.